The molecule has 5 nitrogen and oxygen atoms in total. The summed E-state index contributed by atoms with van der Waals surface area (Å²) >= 11 is 0. The van der Waals surface area contributed by atoms with Crippen LogP contribution in [-0.4, -0.2) is 24.0 Å². The molecule has 0 aliphatic heterocycles. The second-order valence-electron chi connectivity index (χ2n) is 5.47. The first kappa shape index (κ1) is 14.1. The molecule has 0 bridgehead atoms. The van der Waals surface area contributed by atoms with Crippen LogP contribution in [0.2, 0.25) is 0 Å². The van der Waals surface area contributed by atoms with Crippen molar-refractivity contribution in [2.75, 3.05) is 19.0 Å². The average Bonchev–Trinajstić information content (AvgIpc) is 2.84. The van der Waals surface area contributed by atoms with Crippen molar-refractivity contribution in [2.24, 2.45) is 0 Å². The second kappa shape index (κ2) is 5.18. The maximum atomic E-state index is 10.9. The molecule has 1 radical (unpaired) electrons. The highest BCUT2D eigenvalue weighted by molar-refractivity contribution is 5.92. The van der Waals surface area contributed by atoms with Crippen molar-refractivity contribution in [3.8, 4) is 11.3 Å². The van der Waals surface area contributed by atoms with Gasteiger partial charge in [-0.3, -0.25) is 10.1 Å². The highest BCUT2D eigenvalue weighted by Gasteiger charge is 2.13. The summed E-state index contributed by atoms with van der Waals surface area (Å²) in [5.74, 6) is 0. The number of benzene rings is 2. The lowest BCUT2D eigenvalue weighted by atomic mass is 10.1. The molecule has 0 aliphatic rings. The van der Waals surface area contributed by atoms with Crippen molar-refractivity contribution in [1.82, 2.24) is 4.98 Å². The largest absolute Gasteiger partial charge is 0.378 e. The number of H-pyrrole nitrogens is 1. The van der Waals surface area contributed by atoms with Gasteiger partial charge in [0.25, 0.3) is 5.69 Å². The molecule has 0 saturated heterocycles. The lowest BCUT2D eigenvalue weighted by molar-refractivity contribution is -0.384. The van der Waals surface area contributed by atoms with Gasteiger partial charge in [0.15, 0.2) is 0 Å². The molecule has 3 rings (SSSR count). The zero-order valence-electron chi connectivity index (χ0n) is 12.7. The molecule has 0 aliphatic carbocycles. The Bertz CT molecular complexity index is 865. The highest BCUT2D eigenvalue weighted by atomic mass is 16.6. The van der Waals surface area contributed by atoms with E-state index in [2.05, 4.69) is 29.2 Å². The SMILES string of the molecule is Cc1c(-c2[c]ccc([N+](=O)[O-])c2)[nH]c2cc(N(C)C)ccc12. The van der Waals surface area contributed by atoms with Gasteiger partial charge in [0, 0.05) is 48.4 Å². The topological polar surface area (TPSA) is 62.2 Å². The number of aryl methyl sites for hydroxylation is 1. The zero-order chi connectivity index (χ0) is 15.9. The van der Waals surface area contributed by atoms with Crippen LogP contribution in [0.25, 0.3) is 22.2 Å². The van der Waals surface area contributed by atoms with E-state index in [4.69, 9.17) is 0 Å². The van der Waals surface area contributed by atoms with Gasteiger partial charge < -0.3 is 9.88 Å². The normalized spacial score (nSPS) is 10.9. The third-order valence-corrected chi connectivity index (χ3v) is 3.82. The molecule has 0 saturated carbocycles. The molecule has 22 heavy (non-hydrogen) atoms. The van der Waals surface area contributed by atoms with Crippen LogP contribution in [0.3, 0.4) is 0 Å². The van der Waals surface area contributed by atoms with Gasteiger partial charge in [-0.15, -0.1) is 0 Å². The zero-order valence-corrected chi connectivity index (χ0v) is 12.7. The predicted octanol–water partition coefficient (Wildman–Crippen LogP) is 3.92. The van der Waals surface area contributed by atoms with Crippen LogP contribution in [0.15, 0.2) is 36.4 Å². The Morgan fingerprint density at radius 2 is 2.00 bits per heavy atom. The lowest BCUT2D eigenvalue weighted by Gasteiger charge is -2.11. The van der Waals surface area contributed by atoms with Crippen LogP contribution in [0.5, 0.6) is 0 Å². The molecule has 0 amide bonds. The summed E-state index contributed by atoms with van der Waals surface area (Å²) in [6.45, 7) is 2.01. The van der Waals surface area contributed by atoms with Crippen LogP contribution in [0.1, 0.15) is 5.56 Å². The smallest absolute Gasteiger partial charge is 0.270 e. The molecule has 0 atom stereocenters. The fourth-order valence-electron chi connectivity index (χ4n) is 2.59. The summed E-state index contributed by atoms with van der Waals surface area (Å²) in [7, 11) is 3.98. The molecule has 5 heteroatoms. The monoisotopic (exact) mass is 294 g/mol. The van der Waals surface area contributed by atoms with Crippen molar-refractivity contribution < 1.29 is 4.92 Å². The Kier molecular flexibility index (Phi) is 3.33. The van der Waals surface area contributed by atoms with Gasteiger partial charge in [0.05, 0.1) is 10.6 Å². The first-order valence-electron chi connectivity index (χ1n) is 6.93. The van der Waals surface area contributed by atoms with Crippen LogP contribution >= 0.6 is 0 Å². The van der Waals surface area contributed by atoms with E-state index in [0.717, 1.165) is 27.8 Å². The van der Waals surface area contributed by atoms with Gasteiger partial charge in [-0.1, -0.05) is 6.07 Å². The Hall–Kier alpha value is -2.82. The highest BCUT2D eigenvalue weighted by Crippen LogP contribution is 2.32. The maximum Gasteiger partial charge on any atom is 0.270 e. The Labute approximate surface area is 128 Å². The number of hydrogen-bond acceptors (Lipinski definition) is 3. The Morgan fingerprint density at radius 3 is 2.68 bits per heavy atom. The van der Waals surface area contributed by atoms with E-state index >= 15 is 0 Å². The van der Waals surface area contributed by atoms with Crippen LogP contribution in [-0.2, 0) is 0 Å². The van der Waals surface area contributed by atoms with Crippen molar-refractivity contribution in [3.63, 3.8) is 0 Å². The minimum Gasteiger partial charge on any atom is -0.378 e. The van der Waals surface area contributed by atoms with E-state index < -0.39 is 0 Å². The van der Waals surface area contributed by atoms with Crippen LogP contribution in [0.4, 0.5) is 11.4 Å². The summed E-state index contributed by atoms with van der Waals surface area (Å²) in [4.78, 5) is 15.9. The fourth-order valence-corrected chi connectivity index (χ4v) is 2.59. The number of non-ortho nitro benzene ring substituents is 1. The van der Waals surface area contributed by atoms with E-state index in [-0.39, 0.29) is 10.6 Å². The number of hydrogen-bond donors (Lipinski definition) is 1. The summed E-state index contributed by atoms with van der Waals surface area (Å²) in [5.41, 5.74) is 4.82. The van der Waals surface area contributed by atoms with Crippen LogP contribution < -0.4 is 4.90 Å². The van der Waals surface area contributed by atoms with Crippen molar-refractivity contribution >= 4 is 22.3 Å². The summed E-state index contributed by atoms with van der Waals surface area (Å²) in [5, 5.41) is 12.0. The third-order valence-electron chi connectivity index (χ3n) is 3.82. The Balaban J connectivity index is 2.17. The molecule has 111 valence electrons. The van der Waals surface area contributed by atoms with E-state index in [1.54, 1.807) is 12.1 Å². The van der Waals surface area contributed by atoms with E-state index in [0.29, 0.717) is 5.56 Å². The number of aromatic nitrogens is 1. The molecule has 1 aromatic heterocycles. The molecule has 3 aromatic rings. The van der Waals surface area contributed by atoms with Crippen molar-refractivity contribution in [3.05, 3.63) is 58.1 Å². The molecular formula is C17H16N3O2. The molecular weight excluding hydrogens is 278 g/mol. The maximum absolute atomic E-state index is 10.9. The standard InChI is InChI=1S/C17H16N3O2/c1-11-15-8-7-13(19(2)3)10-16(15)18-17(11)12-5-4-6-14(9-12)20(21)22/h4,6-10,18H,1-3H3. The lowest BCUT2D eigenvalue weighted by Crippen LogP contribution is -2.07. The number of anilines is 1. The summed E-state index contributed by atoms with van der Waals surface area (Å²) < 4.78 is 0. The first-order chi connectivity index (χ1) is 10.5. The number of nitrogens with one attached hydrogen (secondary N) is 1. The number of rotatable bonds is 3. The number of nitro benzene ring substituents is 1. The van der Waals surface area contributed by atoms with Gasteiger partial charge in [0.1, 0.15) is 0 Å². The molecule has 2 aromatic carbocycles. The molecule has 0 fully saturated rings. The number of aromatic amines is 1. The van der Waals surface area contributed by atoms with Crippen molar-refractivity contribution in [1.29, 1.82) is 0 Å². The van der Waals surface area contributed by atoms with Gasteiger partial charge in [-0.25, -0.2) is 0 Å². The first-order valence-corrected chi connectivity index (χ1v) is 6.93. The minimum atomic E-state index is -0.389. The Morgan fingerprint density at radius 1 is 1.23 bits per heavy atom. The molecule has 1 heterocycles. The van der Waals surface area contributed by atoms with E-state index in [9.17, 15) is 10.1 Å². The number of nitro groups is 1. The molecule has 0 spiro atoms. The van der Waals surface area contributed by atoms with E-state index in [1.165, 1.54) is 6.07 Å². The number of nitrogens with zero attached hydrogens (tertiary/aromatic N) is 2. The minimum absolute atomic E-state index is 0.0702. The molecule has 1 N–H and O–H groups in total. The van der Waals surface area contributed by atoms with Gasteiger partial charge in [-0.2, -0.15) is 0 Å². The second-order valence-corrected chi connectivity index (χ2v) is 5.47. The third kappa shape index (κ3) is 2.30. The van der Waals surface area contributed by atoms with Gasteiger partial charge >= 0.3 is 0 Å². The van der Waals surface area contributed by atoms with E-state index in [1.807, 2.05) is 25.9 Å². The quantitative estimate of drug-likeness (QED) is 0.588. The molecule has 0 unspecified atom stereocenters. The van der Waals surface area contributed by atoms with Crippen LogP contribution in [0, 0.1) is 23.1 Å². The summed E-state index contributed by atoms with van der Waals surface area (Å²) in [6.07, 6.45) is 0. The number of fused-ring (bicyclic) bond motifs is 1. The fraction of sp³-hybridized carbons (Fsp3) is 0.176. The predicted molar refractivity (Wildman–Crippen MR) is 88.3 cm³/mol. The summed E-state index contributed by atoms with van der Waals surface area (Å²) in [6, 6.07) is 13.9. The van der Waals surface area contributed by atoms with Gasteiger partial charge in [-0.05, 0) is 36.8 Å². The average molecular weight is 294 g/mol. The van der Waals surface area contributed by atoms with Crippen molar-refractivity contribution in [2.45, 2.75) is 6.92 Å². The van der Waals surface area contributed by atoms with Gasteiger partial charge in [0.2, 0.25) is 0 Å².